The van der Waals surface area contributed by atoms with E-state index >= 15 is 0 Å². The van der Waals surface area contributed by atoms with Crippen LogP contribution in [0.15, 0.2) is 51.5 Å². The second kappa shape index (κ2) is 4.47. The van der Waals surface area contributed by atoms with Gasteiger partial charge in [-0.25, -0.2) is 0 Å². The molecule has 1 aromatic heterocycles. The normalized spacial score (nSPS) is 21.3. The molecule has 23 heavy (non-hydrogen) atoms. The number of aliphatic hydroxyl groups is 1. The van der Waals surface area contributed by atoms with Crippen molar-refractivity contribution in [1.29, 1.82) is 0 Å². The minimum Gasteiger partial charge on any atom is -0.458 e. The fraction of sp³-hybridized carbons (Fsp3) is 0.125. The number of nitrogens with one attached hydrogen (secondary N) is 1. The number of hydrogen-bond donors (Lipinski definition) is 3. The van der Waals surface area contributed by atoms with Crippen molar-refractivity contribution in [3.8, 4) is 5.75 Å². The summed E-state index contributed by atoms with van der Waals surface area (Å²) in [5, 5.41) is 12.1. The number of benzene rings is 1. The number of para-hydroxylation sites is 1. The van der Waals surface area contributed by atoms with Gasteiger partial charge in [0, 0.05) is 23.4 Å². The first-order chi connectivity index (χ1) is 11.1. The minimum atomic E-state index is -1.39. The largest absolute Gasteiger partial charge is 0.458 e. The molecule has 3 heterocycles. The summed E-state index contributed by atoms with van der Waals surface area (Å²) in [7, 11) is 0. The maximum atomic E-state index is 12.7. The van der Waals surface area contributed by atoms with E-state index in [-0.39, 0.29) is 23.2 Å². The summed E-state index contributed by atoms with van der Waals surface area (Å²) in [6.45, 7) is -0.471. The minimum absolute atomic E-state index is 0.0192. The maximum absolute atomic E-state index is 12.7. The van der Waals surface area contributed by atoms with Gasteiger partial charge in [-0.1, -0.05) is 18.2 Å². The molecular weight excluding hydrogens is 300 g/mol. The molecule has 4 N–H and O–H groups in total. The molecule has 0 aliphatic carbocycles. The van der Waals surface area contributed by atoms with Crippen LogP contribution in [0.2, 0.25) is 0 Å². The standard InChI is InChI=1S/C16H12N2O5/c17-12-6-16(9-3-1-2-4-10(9)18-15(16)21)14-13(23-12)11(20)5-8(7-19)22-14/h1-6,19H,7,17H2,(H,18,21). The van der Waals surface area contributed by atoms with Crippen molar-refractivity contribution in [3.63, 3.8) is 0 Å². The molecule has 1 spiro atoms. The van der Waals surface area contributed by atoms with E-state index in [0.29, 0.717) is 11.3 Å². The van der Waals surface area contributed by atoms with Crippen LogP contribution >= 0.6 is 0 Å². The number of hydrogen-bond acceptors (Lipinski definition) is 6. The Hall–Kier alpha value is -3.06. The molecule has 1 aromatic carbocycles. The number of ether oxygens (including phenoxy) is 1. The summed E-state index contributed by atoms with van der Waals surface area (Å²) < 4.78 is 10.9. The van der Waals surface area contributed by atoms with E-state index < -0.39 is 23.4 Å². The molecule has 116 valence electrons. The van der Waals surface area contributed by atoms with Crippen molar-refractivity contribution in [2.45, 2.75) is 12.0 Å². The van der Waals surface area contributed by atoms with Crippen LogP contribution in [0.25, 0.3) is 0 Å². The molecule has 0 bridgehead atoms. The Balaban J connectivity index is 2.11. The molecule has 7 nitrogen and oxygen atoms in total. The number of fused-ring (bicyclic) bond motifs is 4. The van der Waals surface area contributed by atoms with Crippen molar-refractivity contribution >= 4 is 11.6 Å². The Bertz CT molecular complexity index is 930. The van der Waals surface area contributed by atoms with Crippen LogP contribution in [0.1, 0.15) is 17.1 Å². The molecule has 0 radical (unpaired) electrons. The molecule has 7 heteroatoms. The molecule has 1 atom stereocenters. The molecule has 0 saturated carbocycles. The molecule has 2 aliphatic heterocycles. The molecule has 4 rings (SSSR count). The summed E-state index contributed by atoms with van der Waals surface area (Å²) in [5.74, 6) is -0.541. The zero-order chi connectivity index (χ0) is 16.2. The van der Waals surface area contributed by atoms with Gasteiger partial charge in [-0.2, -0.15) is 0 Å². The van der Waals surface area contributed by atoms with Crippen molar-refractivity contribution in [2.24, 2.45) is 5.73 Å². The number of carbonyl (C=O) groups is 1. The van der Waals surface area contributed by atoms with Crippen LogP contribution in [-0.2, 0) is 16.8 Å². The second-order valence-corrected chi connectivity index (χ2v) is 5.35. The van der Waals surface area contributed by atoms with Gasteiger partial charge in [0.05, 0.1) is 0 Å². The van der Waals surface area contributed by atoms with Gasteiger partial charge in [0.25, 0.3) is 0 Å². The molecule has 0 saturated heterocycles. The predicted octanol–water partition coefficient (Wildman–Crippen LogP) is 0.563. The number of anilines is 1. The van der Waals surface area contributed by atoms with Crippen molar-refractivity contribution in [2.75, 3.05) is 5.32 Å². The third kappa shape index (κ3) is 1.68. The lowest BCUT2D eigenvalue weighted by Crippen LogP contribution is -2.39. The average molecular weight is 312 g/mol. The predicted molar refractivity (Wildman–Crippen MR) is 79.7 cm³/mol. The van der Waals surface area contributed by atoms with Gasteiger partial charge >= 0.3 is 0 Å². The highest BCUT2D eigenvalue weighted by molar-refractivity contribution is 6.10. The highest BCUT2D eigenvalue weighted by Crippen LogP contribution is 2.48. The number of carbonyl (C=O) groups excluding carboxylic acids is 1. The number of nitrogens with two attached hydrogens (primary N) is 1. The lowest BCUT2D eigenvalue weighted by Gasteiger charge is -2.28. The van der Waals surface area contributed by atoms with E-state index in [9.17, 15) is 14.7 Å². The smallest absolute Gasteiger partial charge is 0.247 e. The SMILES string of the molecule is NC1=CC2(C(=O)Nc3ccccc32)c2oc(CO)cc(=O)c2O1. The number of amides is 1. The topological polar surface area (TPSA) is 115 Å². The maximum Gasteiger partial charge on any atom is 0.247 e. The summed E-state index contributed by atoms with van der Waals surface area (Å²) >= 11 is 0. The average Bonchev–Trinajstić information content (AvgIpc) is 2.81. The third-order valence-electron chi connectivity index (χ3n) is 4.01. The van der Waals surface area contributed by atoms with E-state index in [1.54, 1.807) is 24.3 Å². The van der Waals surface area contributed by atoms with Crippen LogP contribution in [0.5, 0.6) is 5.75 Å². The van der Waals surface area contributed by atoms with E-state index in [1.165, 1.54) is 6.08 Å². The molecule has 2 aromatic rings. The molecular formula is C16H12N2O5. The van der Waals surface area contributed by atoms with Gasteiger partial charge < -0.3 is 25.3 Å². The van der Waals surface area contributed by atoms with Crippen LogP contribution < -0.4 is 21.2 Å². The van der Waals surface area contributed by atoms with E-state index in [4.69, 9.17) is 14.9 Å². The van der Waals surface area contributed by atoms with E-state index in [0.717, 1.165) is 6.07 Å². The Labute approximate surface area is 130 Å². The van der Waals surface area contributed by atoms with Crippen LogP contribution in [0.3, 0.4) is 0 Å². The van der Waals surface area contributed by atoms with Gasteiger partial charge in [-0.05, 0) is 6.07 Å². The Morgan fingerprint density at radius 2 is 2.04 bits per heavy atom. The summed E-state index contributed by atoms with van der Waals surface area (Å²) in [4.78, 5) is 25.0. The van der Waals surface area contributed by atoms with Crippen molar-refractivity contribution < 1.29 is 19.1 Å². The monoisotopic (exact) mass is 312 g/mol. The Kier molecular flexibility index (Phi) is 2.64. The Morgan fingerprint density at radius 1 is 1.26 bits per heavy atom. The van der Waals surface area contributed by atoms with Gasteiger partial charge in [-0.15, -0.1) is 0 Å². The van der Waals surface area contributed by atoms with Crippen LogP contribution in [0.4, 0.5) is 5.69 Å². The van der Waals surface area contributed by atoms with E-state index in [1.807, 2.05) is 0 Å². The van der Waals surface area contributed by atoms with Crippen molar-refractivity contribution in [3.05, 3.63) is 69.6 Å². The number of rotatable bonds is 1. The van der Waals surface area contributed by atoms with Gasteiger partial charge in [0.15, 0.2) is 17.1 Å². The van der Waals surface area contributed by atoms with Crippen molar-refractivity contribution in [1.82, 2.24) is 0 Å². The summed E-state index contributed by atoms with van der Waals surface area (Å²) in [6, 6.07) is 8.16. The highest BCUT2D eigenvalue weighted by Gasteiger charge is 2.53. The highest BCUT2D eigenvalue weighted by atomic mass is 16.5. The fourth-order valence-electron chi connectivity index (χ4n) is 3.04. The third-order valence-corrected chi connectivity index (χ3v) is 4.01. The summed E-state index contributed by atoms with van der Waals surface area (Å²) in [5.41, 5.74) is 5.10. The summed E-state index contributed by atoms with van der Waals surface area (Å²) in [6.07, 6.45) is 1.42. The zero-order valence-electron chi connectivity index (χ0n) is 11.8. The first-order valence-electron chi connectivity index (χ1n) is 6.92. The van der Waals surface area contributed by atoms with Gasteiger partial charge in [0.1, 0.15) is 12.4 Å². The Morgan fingerprint density at radius 3 is 2.83 bits per heavy atom. The van der Waals surface area contributed by atoms with Crippen LogP contribution in [-0.4, -0.2) is 11.0 Å². The molecule has 1 amide bonds. The zero-order valence-corrected chi connectivity index (χ0v) is 11.8. The van der Waals surface area contributed by atoms with Gasteiger partial charge in [-0.3, -0.25) is 9.59 Å². The number of aliphatic hydroxyl groups excluding tert-OH is 1. The lowest BCUT2D eigenvalue weighted by atomic mass is 9.77. The first kappa shape index (κ1) is 13.6. The lowest BCUT2D eigenvalue weighted by molar-refractivity contribution is -0.118. The second-order valence-electron chi connectivity index (χ2n) is 5.35. The quantitative estimate of drug-likeness (QED) is 0.709. The van der Waals surface area contributed by atoms with Crippen LogP contribution in [0, 0.1) is 0 Å². The van der Waals surface area contributed by atoms with Gasteiger partial charge in [0.2, 0.25) is 17.1 Å². The fourth-order valence-corrected chi connectivity index (χ4v) is 3.04. The molecule has 2 aliphatic rings. The molecule has 1 unspecified atom stereocenters. The van der Waals surface area contributed by atoms with E-state index in [2.05, 4.69) is 5.32 Å². The molecule has 0 fully saturated rings. The first-order valence-corrected chi connectivity index (χ1v) is 6.92.